The second-order valence-electron chi connectivity index (χ2n) is 8.40. The molecule has 0 radical (unpaired) electrons. The van der Waals surface area contributed by atoms with E-state index in [9.17, 15) is 0 Å². The molecule has 0 N–H and O–H groups in total. The Bertz CT molecular complexity index is 800. The highest BCUT2D eigenvalue weighted by atomic mass is 19.1. The van der Waals surface area contributed by atoms with Crippen molar-refractivity contribution in [2.75, 3.05) is 24.5 Å². The first-order valence-electron chi connectivity index (χ1n) is 9.77. The van der Waals surface area contributed by atoms with Crippen LogP contribution in [0.15, 0.2) is 12.3 Å². The van der Waals surface area contributed by atoms with Gasteiger partial charge in [-0.15, -0.1) is 0 Å². The van der Waals surface area contributed by atoms with Gasteiger partial charge in [0.2, 0.25) is 0 Å². The fourth-order valence-electron chi connectivity index (χ4n) is 5.18. The molecule has 2 unspecified atom stereocenters. The number of nitrogens with zero attached hydrogens (tertiary/aromatic N) is 4. The van der Waals surface area contributed by atoms with Gasteiger partial charge in [-0.1, -0.05) is 6.42 Å². The van der Waals surface area contributed by atoms with E-state index in [0.29, 0.717) is 18.0 Å². The monoisotopic (exact) mass is 342 g/mol. The average molecular weight is 342 g/mol. The van der Waals surface area contributed by atoms with E-state index in [1.165, 1.54) is 19.3 Å². The van der Waals surface area contributed by atoms with Crippen LogP contribution in [0.25, 0.3) is 11.0 Å². The third-order valence-electron chi connectivity index (χ3n) is 6.71. The summed E-state index contributed by atoms with van der Waals surface area (Å²) in [7, 11) is 0. The summed E-state index contributed by atoms with van der Waals surface area (Å²) >= 11 is 0. The van der Waals surface area contributed by atoms with Crippen molar-refractivity contribution in [1.29, 1.82) is 0 Å². The van der Waals surface area contributed by atoms with Crippen LogP contribution in [0.4, 0.5) is 10.1 Å². The molecule has 4 nitrogen and oxygen atoms in total. The minimum Gasteiger partial charge on any atom is -0.370 e. The summed E-state index contributed by atoms with van der Waals surface area (Å²) in [5.74, 6) is 1.61. The molecule has 5 heteroatoms. The molecule has 0 amide bonds. The number of halogens is 1. The summed E-state index contributed by atoms with van der Waals surface area (Å²) in [5.41, 5.74) is 2.72. The Hall–Kier alpha value is -1.62. The second-order valence-corrected chi connectivity index (χ2v) is 8.40. The lowest BCUT2D eigenvalue weighted by Crippen LogP contribution is -2.38. The summed E-state index contributed by atoms with van der Waals surface area (Å²) in [6.45, 7) is 9.07. The number of hydrogen-bond donors (Lipinski definition) is 0. The van der Waals surface area contributed by atoms with Gasteiger partial charge in [0.15, 0.2) is 5.82 Å². The minimum absolute atomic E-state index is 0.0610. The minimum atomic E-state index is -0.0610. The van der Waals surface area contributed by atoms with Crippen LogP contribution >= 0.6 is 0 Å². The van der Waals surface area contributed by atoms with E-state index in [0.717, 1.165) is 55.0 Å². The largest absolute Gasteiger partial charge is 0.370 e. The molecule has 1 saturated heterocycles. The number of hydrogen-bond acceptors (Lipinski definition) is 3. The highest BCUT2D eigenvalue weighted by molar-refractivity contribution is 5.82. The third-order valence-corrected chi connectivity index (χ3v) is 6.71. The maximum atomic E-state index is 15.1. The average Bonchev–Trinajstić information content (AvgIpc) is 3.28. The van der Waals surface area contributed by atoms with Crippen molar-refractivity contribution in [2.24, 2.45) is 11.8 Å². The van der Waals surface area contributed by atoms with E-state index in [1.807, 2.05) is 12.3 Å². The topological polar surface area (TPSA) is 24.3 Å². The Morgan fingerprint density at radius 1 is 1.16 bits per heavy atom. The fraction of sp³-hybridized carbons (Fsp3) is 0.650. The van der Waals surface area contributed by atoms with Crippen molar-refractivity contribution in [3.8, 4) is 0 Å². The van der Waals surface area contributed by atoms with E-state index in [-0.39, 0.29) is 5.82 Å². The van der Waals surface area contributed by atoms with Crippen molar-refractivity contribution in [3.63, 3.8) is 0 Å². The Balaban J connectivity index is 1.50. The highest BCUT2D eigenvalue weighted by Gasteiger charge is 2.36. The molecule has 25 heavy (non-hydrogen) atoms. The van der Waals surface area contributed by atoms with Gasteiger partial charge in [-0.05, 0) is 44.6 Å². The predicted octanol–water partition coefficient (Wildman–Crippen LogP) is 3.64. The van der Waals surface area contributed by atoms with Crippen molar-refractivity contribution >= 4 is 16.7 Å². The van der Waals surface area contributed by atoms with Gasteiger partial charge in [0.1, 0.15) is 5.65 Å². The Kier molecular flexibility index (Phi) is 3.56. The molecule has 4 heterocycles. The van der Waals surface area contributed by atoms with Crippen molar-refractivity contribution in [2.45, 2.75) is 52.2 Å². The van der Waals surface area contributed by atoms with Crippen molar-refractivity contribution < 1.29 is 4.39 Å². The number of fused-ring (bicyclic) bond motifs is 4. The summed E-state index contributed by atoms with van der Waals surface area (Å²) < 4.78 is 17.2. The fourth-order valence-corrected chi connectivity index (χ4v) is 5.18. The number of pyridine rings is 1. The first kappa shape index (κ1) is 15.6. The summed E-state index contributed by atoms with van der Waals surface area (Å²) in [6.07, 6.45) is 6.06. The lowest BCUT2D eigenvalue weighted by Gasteiger charge is -2.31. The van der Waals surface area contributed by atoms with Crippen LogP contribution in [0.5, 0.6) is 0 Å². The van der Waals surface area contributed by atoms with Crippen LogP contribution in [0.1, 0.15) is 38.8 Å². The Morgan fingerprint density at radius 3 is 2.64 bits per heavy atom. The number of anilines is 1. The third kappa shape index (κ3) is 2.39. The molecule has 3 aliphatic rings. The molecule has 0 bridgehead atoms. The van der Waals surface area contributed by atoms with Crippen LogP contribution in [0, 0.1) is 17.7 Å². The first-order valence-corrected chi connectivity index (χ1v) is 9.77. The smallest absolute Gasteiger partial charge is 0.155 e. The predicted molar refractivity (Wildman–Crippen MR) is 98.3 cm³/mol. The molecule has 2 aromatic rings. The van der Waals surface area contributed by atoms with Crippen LogP contribution in [-0.2, 0) is 13.1 Å². The van der Waals surface area contributed by atoms with Crippen molar-refractivity contribution in [3.05, 3.63) is 23.8 Å². The lowest BCUT2D eigenvalue weighted by molar-refractivity contribution is 0.175. The van der Waals surface area contributed by atoms with Gasteiger partial charge in [-0.3, -0.25) is 4.90 Å². The second kappa shape index (κ2) is 5.70. The molecule has 1 aliphatic carbocycles. The molecule has 0 aromatic carbocycles. The Morgan fingerprint density at radius 2 is 1.92 bits per heavy atom. The number of aromatic nitrogens is 2. The van der Waals surface area contributed by atoms with Gasteiger partial charge in [0.05, 0.1) is 23.0 Å². The summed E-state index contributed by atoms with van der Waals surface area (Å²) in [5, 5.41) is 0.704. The van der Waals surface area contributed by atoms with E-state index >= 15 is 4.39 Å². The standard InChI is InChI=1S/C20H27FN4/c1-13(2)23-6-7-25-18(12-23)19(21)17-8-16(9-22-20(17)25)24-10-14-4-3-5-15(14)11-24/h8-9,13-15H,3-7,10-12H2,1-2H3. The zero-order valence-electron chi connectivity index (χ0n) is 15.2. The zero-order valence-corrected chi connectivity index (χ0v) is 15.2. The van der Waals surface area contributed by atoms with Crippen LogP contribution in [-0.4, -0.2) is 40.1 Å². The maximum absolute atomic E-state index is 15.1. The number of rotatable bonds is 2. The lowest BCUT2D eigenvalue weighted by atomic mass is 10.0. The zero-order chi connectivity index (χ0) is 17.1. The molecule has 2 fully saturated rings. The van der Waals surface area contributed by atoms with E-state index in [2.05, 4.69) is 33.2 Å². The van der Waals surface area contributed by atoms with Gasteiger partial charge < -0.3 is 9.47 Å². The molecule has 134 valence electrons. The highest BCUT2D eigenvalue weighted by Crippen LogP contribution is 2.40. The Labute approximate surface area is 148 Å². The van der Waals surface area contributed by atoms with E-state index in [1.54, 1.807) is 0 Å². The van der Waals surface area contributed by atoms with E-state index < -0.39 is 0 Å². The van der Waals surface area contributed by atoms with Crippen LogP contribution in [0.2, 0.25) is 0 Å². The van der Waals surface area contributed by atoms with Crippen LogP contribution in [0.3, 0.4) is 0 Å². The first-order chi connectivity index (χ1) is 12.1. The molecule has 0 spiro atoms. The molecule has 1 saturated carbocycles. The summed E-state index contributed by atoms with van der Waals surface area (Å²) in [4.78, 5) is 9.45. The van der Waals surface area contributed by atoms with Crippen molar-refractivity contribution in [1.82, 2.24) is 14.5 Å². The molecule has 2 aromatic heterocycles. The van der Waals surface area contributed by atoms with Gasteiger partial charge in [-0.2, -0.15) is 0 Å². The van der Waals surface area contributed by atoms with Crippen LogP contribution < -0.4 is 4.90 Å². The summed E-state index contributed by atoms with van der Waals surface area (Å²) in [6, 6.07) is 2.49. The maximum Gasteiger partial charge on any atom is 0.155 e. The van der Waals surface area contributed by atoms with E-state index in [4.69, 9.17) is 0 Å². The molecular weight excluding hydrogens is 315 g/mol. The van der Waals surface area contributed by atoms with Gasteiger partial charge in [-0.25, -0.2) is 9.37 Å². The molecular formula is C20H27FN4. The molecule has 2 atom stereocenters. The molecule has 2 aliphatic heterocycles. The quantitative estimate of drug-likeness (QED) is 0.833. The van der Waals surface area contributed by atoms with Gasteiger partial charge >= 0.3 is 0 Å². The molecule has 5 rings (SSSR count). The van der Waals surface area contributed by atoms with Gasteiger partial charge in [0.25, 0.3) is 0 Å². The normalized spacial score (nSPS) is 26.6. The SMILES string of the molecule is CC(C)N1CCn2c(c(F)c3cc(N4CC5CCCC5C4)cnc32)C1. The van der Waals surface area contributed by atoms with Gasteiger partial charge in [0, 0.05) is 38.8 Å².